The SMILES string of the molecule is Cc1ccc(C(C)(O)CNC(=O)Nc2ccc(N(C)C)nc2)o1. The Kier molecular flexibility index (Phi) is 4.90. The highest BCUT2D eigenvalue weighted by Gasteiger charge is 2.27. The lowest BCUT2D eigenvalue weighted by Gasteiger charge is -2.21. The Morgan fingerprint density at radius 3 is 2.61 bits per heavy atom. The van der Waals surface area contributed by atoms with Gasteiger partial charge in [-0.2, -0.15) is 0 Å². The van der Waals surface area contributed by atoms with Gasteiger partial charge in [-0.15, -0.1) is 0 Å². The number of urea groups is 1. The Balaban J connectivity index is 1.89. The van der Waals surface area contributed by atoms with Gasteiger partial charge in [-0.25, -0.2) is 9.78 Å². The Hall–Kier alpha value is -2.54. The second-order valence-corrected chi connectivity index (χ2v) is 5.79. The van der Waals surface area contributed by atoms with Crippen molar-refractivity contribution in [2.75, 3.05) is 30.9 Å². The first-order valence-corrected chi connectivity index (χ1v) is 7.25. The fourth-order valence-corrected chi connectivity index (χ4v) is 1.96. The highest BCUT2D eigenvalue weighted by Crippen LogP contribution is 2.22. The molecule has 7 heteroatoms. The number of aryl methyl sites for hydroxylation is 1. The van der Waals surface area contributed by atoms with E-state index in [1.165, 1.54) is 0 Å². The third kappa shape index (κ3) is 4.46. The van der Waals surface area contributed by atoms with Crippen molar-refractivity contribution in [1.29, 1.82) is 0 Å². The predicted molar refractivity (Wildman–Crippen MR) is 88.6 cm³/mol. The molecule has 0 radical (unpaired) electrons. The first-order chi connectivity index (χ1) is 10.8. The molecule has 7 nitrogen and oxygen atoms in total. The maximum atomic E-state index is 11.9. The van der Waals surface area contributed by atoms with E-state index >= 15 is 0 Å². The second kappa shape index (κ2) is 6.70. The molecule has 2 aromatic heterocycles. The largest absolute Gasteiger partial charge is 0.463 e. The molecule has 2 amide bonds. The molecule has 0 aliphatic heterocycles. The summed E-state index contributed by atoms with van der Waals surface area (Å²) in [6, 6.07) is 6.60. The number of pyridine rings is 1. The molecule has 2 heterocycles. The lowest BCUT2D eigenvalue weighted by atomic mass is 10.0. The van der Waals surface area contributed by atoms with Crippen molar-refractivity contribution in [3.63, 3.8) is 0 Å². The van der Waals surface area contributed by atoms with E-state index < -0.39 is 11.6 Å². The zero-order chi connectivity index (χ0) is 17.0. The molecule has 1 unspecified atom stereocenters. The molecule has 0 aliphatic carbocycles. The Labute approximate surface area is 135 Å². The van der Waals surface area contributed by atoms with Crippen LogP contribution < -0.4 is 15.5 Å². The molecule has 3 N–H and O–H groups in total. The van der Waals surface area contributed by atoms with Crippen molar-refractivity contribution in [3.05, 3.63) is 42.0 Å². The van der Waals surface area contributed by atoms with Gasteiger partial charge in [0.2, 0.25) is 0 Å². The molecule has 0 spiro atoms. The van der Waals surface area contributed by atoms with E-state index in [4.69, 9.17) is 4.42 Å². The number of furan rings is 1. The van der Waals surface area contributed by atoms with Crippen molar-refractivity contribution >= 4 is 17.5 Å². The topological polar surface area (TPSA) is 90.6 Å². The van der Waals surface area contributed by atoms with Gasteiger partial charge < -0.3 is 25.1 Å². The van der Waals surface area contributed by atoms with Gasteiger partial charge in [0, 0.05) is 14.1 Å². The van der Waals surface area contributed by atoms with Crippen LogP contribution in [0.15, 0.2) is 34.9 Å². The van der Waals surface area contributed by atoms with Crippen LogP contribution in [0.25, 0.3) is 0 Å². The van der Waals surface area contributed by atoms with Crippen LogP contribution in [0.1, 0.15) is 18.4 Å². The van der Waals surface area contributed by atoms with Gasteiger partial charge in [0.25, 0.3) is 0 Å². The molecule has 2 aromatic rings. The lowest BCUT2D eigenvalue weighted by Crippen LogP contribution is -2.40. The van der Waals surface area contributed by atoms with E-state index in [1.54, 1.807) is 44.3 Å². The molecule has 23 heavy (non-hydrogen) atoms. The number of nitrogens with one attached hydrogen (secondary N) is 2. The van der Waals surface area contributed by atoms with Gasteiger partial charge in [0.05, 0.1) is 18.4 Å². The second-order valence-electron chi connectivity index (χ2n) is 5.79. The molecule has 0 fully saturated rings. The molecule has 0 aromatic carbocycles. The number of anilines is 2. The third-order valence-corrected chi connectivity index (χ3v) is 3.33. The van der Waals surface area contributed by atoms with Crippen molar-refractivity contribution in [3.8, 4) is 0 Å². The average molecular weight is 318 g/mol. The molecule has 0 saturated carbocycles. The minimum Gasteiger partial charge on any atom is -0.463 e. The smallest absolute Gasteiger partial charge is 0.319 e. The Morgan fingerprint density at radius 1 is 1.35 bits per heavy atom. The number of carbonyl (C=O) groups excluding carboxylic acids is 1. The van der Waals surface area contributed by atoms with E-state index in [0.717, 1.165) is 5.82 Å². The minimum absolute atomic E-state index is 0.0228. The van der Waals surface area contributed by atoms with Crippen molar-refractivity contribution in [1.82, 2.24) is 10.3 Å². The number of amides is 2. The summed E-state index contributed by atoms with van der Waals surface area (Å²) < 4.78 is 5.40. The summed E-state index contributed by atoms with van der Waals surface area (Å²) in [6.45, 7) is 3.40. The van der Waals surface area contributed by atoms with E-state index in [0.29, 0.717) is 17.2 Å². The monoisotopic (exact) mass is 318 g/mol. The third-order valence-electron chi connectivity index (χ3n) is 3.33. The van der Waals surface area contributed by atoms with Gasteiger partial charge in [-0.1, -0.05) is 0 Å². The molecule has 0 aliphatic rings. The Bertz CT molecular complexity index is 662. The highest BCUT2D eigenvalue weighted by atomic mass is 16.4. The maximum absolute atomic E-state index is 11.9. The first kappa shape index (κ1) is 16.8. The van der Waals surface area contributed by atoms with E-state index in [1.807, 2.05) is 19.0 Å². The van der Waals surface area contributed by atoms with Crippen LogP contribution >= 0.6 is 0 Å². The summed E-state index contributed by atoms with van der Waals surface area (Å²) in [6.07, 6.45) is 1.57. The molecular formula is C16H22N4O3. The number of hydrogen-bond donors (Lipinski definition) is 3. The van der Waals surface area contributed by atoms with E-state index in [-0.39, 0.29) is 6.54 Å². The molecule has 0 saturated heterocycles. The minimum atomic E-state index is -1.28. The van der Waals surface area contributed by atoms with Crippen LogP contribution in [0.5, 0.6) is 0 Å². The zero-order valence-corrected chi connectivity index (χ0v) is 13.8. The Morgan fingerprint density at radius 2 is 2.09 bits per heavy atom. The van der Waals surface area contributed by atoms with Gasteiger partial charge in [-0.3, -0.25) is 0 Å². The first-order valence-electron chi connectivity index (χ1n) is 7.25. The number of nitrogens with zero attached hydrogens (tertiary/aromatic N) is 2. The van der Waals surface area contributed by atoms with E-state index in [9.17, 15) is 9.90 Å². The molecule has 2 rings (SSSR count). The van der Waals surface area contributed by atoms with Crippen LogP contribution in [0.4, 0.5) is 16.3 Å². The normalized spacial score (nSPS) is 13.3. The van der Waals surface area contributed by atoms with Gasteiger partial charge in [-0.05, 0) is 38.1 Å². The number of rotatable bonds is 5. The highest BCUT2D eigenvalue weighted by molar-refractivity contribution is 5.89. The van der Waals surface area contributed by atoms with Crippen molar-refractivity contribution in [2.45, 2.75) is 19.4 Å². The summed E-state index contributed by atoms with van der Waals surface area (Å²) >= 11 is 0. The maximum Gasteiger partial charge on any atom is 0.319 e. The standard InChI is InChI=1S/C16H22N4O3/c1-11-5-7-13(23-11)16(2,22)10-18-15(21)19-12-6-8-14(17-9-12)20(3)4/h5-9,22H,10H2,1-4H3,(H2,18,19,21). The molecule has 1 atom stereocenters. The fourth-order valence-electron chi connectivity index (χ4n) is 1.96. The van der Waals surface area contributed by atoms with Crippen LogP contribution in [0.3, 0.4) is 0 Å². The van der Waals surface area contributed by atoms with E-state index in [2.05, 4.69) is 15.6 Å². The van der Waals surface area contributed by atoms with Crippen LogP contribution in [-0.4, -0.2) is 36.8 Å². The quantitative estimate of drug-likeness (QED) is 0.785. The van der Waals surface area contributed by atoms with Crippen LogP contribution in [-0.2, 0) is 5.60 Å². The number of carbonyl (C=O) groups is 1. The van der Waals surface area contributed by atoms with Gasteiger partial charge >= 0.3 is 6.03 Å². The average Bonchev–Trinajstić information content (AvgIpc) is 2.93. The van der Waals surface area contributed by atoms with Crippen molar-refractivity contribution < 1.29 is 14.3 Å². The van der Waals surface area contributed by atoms with Gasteiger partial charge in [0.15, 0.2) is 0 Å². The molecule has 124 valence electrons. The summed E-state index contributed by atoms with van der Waals surface area (Å²) in [5.41, 5.74) is -0.708. The summed E-state index contributed by atoms with van der Waals surface area (Å²) in [5.74, 6) is 1.91. The lowest BCUT2D eigenvalue weighted by molar-refractivity contribution is 0.0364. The number of hydrogen-bond acceptors (Lipinski definition) is 5. The molecular weight excluding hydrogens is 296 g/mol. The van der Waals surface area contributed by atoms with Crippen LogP contribution in [0.2, 0.25) is 0 Å². The summed E-state index contributed by atoms with van der Waals surface area (Å²) in [4.78, 5) is 18.0. The zero-order valence-electron chi connectivity index (χ0n) is 13.8. The van der Waals surface area contributed by atoms with Crippen LogP contribution in [0, 0.1) is 6.92 Å². The predicted octanol–water partition coefficient (Wildman–Crippen LogP) is 2.08. The number of aromatic nitrogens is 1. The summed E-state index contributed by atoms with van der Waals surface area (Å²) in [7, 11) is 3.78. The van der Waals surface area contributed by atoms with Crippen molar-refractivity contribution in [2.24, 2.45) is 0 Å². The van der Waals surface area contributed by atoms with Gasteiger partial charge in [0.1, 0.15) is 22.9 Å². The fraction of sp³-hybridized carbons (Fsp3) is 0.375. The number of aliphatic hydroxyl groups is 1. The summed E-state index contributed by atoms with van der Waals surface area (Å²) in [5, 5.41) is 15.6. The molecule has 0 bridgehead atoms.